The van der Waals surface area contributed by atoms with Gasteiger partial charge in [0, 0.05) is 0 Å². The molecule has 3 aliphatic rings. The molecule has 2 bridgehead atoms. The Labute approximate surface area is 119 Å². The first kappa shape index (κ1) is 13.7. The summed E-state index contributed by atoms with van der Waals surface area (Å²) in [7, 11) is 0. The van der Waals surface area contributed by atoms with Crippen LogP contribution >= 0.6 is 0 Å². The molecule has 0 aliphatic heterocycles. The highest BCUT2D eigenvalue weighted by Gasteiger charge is 2.55. The predicted octanol–water partition coefficient (Wildman–Crippen LogP) is 2.74. The lowest BCUT2D eigenvalue weighted by molar-refractivity contribution is 0.183. The van der Waals surface area contributed by atoms with E-state index in [-0.39, 0.29) is 0 Å². The first-order valence-corrected chi connectivity index (χ1v) is 7.90. The van der Waals surface area contributed by atoms with Crippen LogP contribution in [0.5, 0.6) is 0 Å². The molecule has 0 aromatic rings. The van der Waals surface area contributed by atoms with Crippen molar-refractivity contribution < 1.29 is 9.59 Å². The van der Waals surface area contributed by atoms with Gasteiger partial charge in [0.1, 0.15) is 0 Å². The van der Waals surface area contributed by atoms with Gasteiger partial charge in [-0.05, 0) is 74.0 Å². The van der Waals surface area contributed by atoms with Crippen LogP contribution in [0, 0.1) is 35.5 Å². The standard InChI is InChI=1S/C16H22N2O2/c19-9-17-3-1-11-5-14-13-7-12(2-4-18-10-20)15(8-13)16(14)6-11/h11-16H,1-8H2. The maximum absolute atomic E-state index is 10.2. The van der Waals surface area contributed by atoms with Crippen LogP contribution in [0.2, 0.25) is 0 Å². The fourth-order valence-corrected chi connectivity index (χ4v) is 5.46. The van der Waals surface area contributed by atoms with E-state index in [0.717, 1.165) is 48.3 Å². The van der Waals surface area contributed by atoms with E-state index in [9.17, 15) is 9.59 Å². The van der Waals surface area contributed by atoms with Crippen molar-refractivity contribution in [3.05, 3.63) is 0 Å². The van der Waals surface area contributed by atoms with Crippen molar-refractivity contribution in [2.24, 2.45) is 45.5 Å². The van der Waals surface area contributed by atoms with Gasteiger partial charge in [0.25, 0.3) is 0 Å². The van der Waals surface area contributed by atoms with Gasteiger partial charge >= 0.3 is 0 Å². The van der Waals surface area contributed by atoms with Gasteiger partial charge < -0.3 is 0 Å². The van der Waals surface area contributed by atoms with Crippen molar-refractivity contribution in [3.8, 4) is 0 Å². The van der Waals surface area contributed by atoms with Crippen molar-refractivity contribution in [1.82, 2.24) is 0 Å². The first-order chi connectivity index (χ1) is 9.83. The maximum Gasteiger partial charge on any atom is 0.234 e. The average molecular weight is 274 g/mol. The van der Waals surface area contributed by atoms with Gasteiger partial charge in [0.2, 0.25) is 12.2 Å². The highest BCUT2D eigenvalue weighted by atomic mass is 16.1. The number of fused-ring (bicyclic) bond motifs is 5. The fraction of sp³-hybridized carbons (Fsp3) is 0.875. The minimum Gasteiger partial charge on any atom is -0.211 e. The molecule has 3 saturated carbocycles. The molecule has 20 heavy (non-hydrogen) atoms. The van der Waals surface area contributed by atoms with Crippen molar-refractivity contribution in [1.29, 1.82) is 0 Å². The van der Waals surface area contributed by atoms with Crippen LogP contribution in [-0.4, -0.2) is 25.2 Å². The molecule has 0 heterocycles. The van der Waals surface area contributed by atoms with Gasteiger partial charge in [-0.3, -0.25) is 0 Å². The van der Waals surface area contributed by atoms with E-state index in [1.807, 2.05) is 0 Å². The van der Waals surface area contributed by atoms with Crippen LogP contribution in [0.15, 0.2) is 9.98 Å². The van der Waals surface area contributed by atoms with E-state index in [0.29, 0.717) is 13.1 Å². The number of hydrogen-bond donors (Lipinski definition) is 0. The summed E-state index contributed by atoms with van der Waals surface area (Å²) in [4.78, 5) is 27.7. The molecule has 3 aliphatic carbocycles. The summed E-state index contributed by atoms with van der Waals surface area (Å²) in [6.45, 7) is 1.31. The number of carbonyl (C=O) groups excluding carboxylic acids is 2. The highest BCUT2D eigenvalue weighted by Crippen LogP contribution is 2.63. The minimum absolute atomic E-state index is 0.653. The Morgan fingerprint density at radius 1 is 0.800 bits per heavy atom. The third-order valence-corrected chi connectivity index (χ3v) is 6.09. The highest BCUT2D eigenvalue weighted by molar-refractivity contribution is 5.33. The molecular formula is C16H22N2O2. The lowest BCUT2D eigenvalue weighted by Crippen LogP contribution is -2.24. The summed E-state index contributed by atoms with van der Waals surface area (Å²) in [5, 5.41) is 0. The second kappa shape index (κ2) is 6.03. The SMILES string of the molecule is O=C=NCCC1CC2C3CC(CCN=C=O)C(C3)C2C1. The lowest BCUT2D eigenvalue weighted by Gasteiger charge is -2.31. The summed E-state index contributed by atoms with van der Waals surface area (Å²) in [6.07, 6.45) is 10.8. The first-order valence-electron chi connectivity index (χ1n) is 7.90. The van der Waals surface area contributed by atoms with Crippen LogP contribution < -0.4 is 0 Å². The van der Waals surface area contributed by atoms with Crippen molar-refractivity contribution in [3.63, 3.8) is 0 Å². The summed E-state index contributed by atoms with van der Waals surface area (Å²) in [6, 6.07) is 0. The Morgan fingerprint density at radius 2 is 1.50 bits per heavy atom. The Hall–Kier alpha value is -1.24. The smallest absolute Gasteiger partial charge is 0.211 e. The molecule has 3 rings (SSSR count). The Kier molecular flexibility index (Phi) is 4.14. The summed E-state index contributed by atoms with van der Waals surface area (Å²) < 4.78 is 0. The zero-order valence-electron chi connectivity index (χ0n) is 11.8. The number of nitrogens with zero attached hydrogens (tertiary/aromatic N) is 2. The zero-order chi connectivity index (χ0) is 13.9. The fourth-order valence-electron chi connectivity index (χ4n) is 5.46. The van der Waals surface area contributed by atoms with Gasteiger partial charge in [0.05, 0.1) is 13.1 Å². The molecule has 0 radical (unpaired) electrons. The van der Waals surface area contributed by atoms with E-state index < -0.39 is 0 Å². The minimum atomic E-state index is 0.653. The summed E-state index contributed by atoms with van der Waals surface area (Å²) >= 11 is 0. The zero-order valence-corrected chi connectivity index (χ0v) is 11.8. The number of aliphatic imine (C=N–C) groups is 2. The molecule has 6 unspecified atom stereocenters. The molecule has 108 valence electrons. The van der Waals surface area contributed by atoms with Gasteiger partial charge in [-0.15, -0.1) is 0 Å². The Morgan fingerprint density at radius 3 is 2.25 bits per heavy atom. The van der Waals surface area contributed by atoms with Gasteiger partial charge in [-0.1, -0.05) is 0 Å². The van der Waals surface area contributed by atoms with E-state index in [4.69, 9.17) is 0 Å². The molecule has 0 spiro atoms. The molecule has 0 aromatic carbocycles. The van der Waals surface area contributed by atoms with Crippen LogP contribution in [0.4, 0.5) is 0 Å². The maximum atomic E-state index is 10.2. The van der Waals surface area contributed by atoms with Gasteiger partial charge in [0.15, 0.2) is 0 Å². The molecule has 3 fully saturated rings. The molecule has 4 heteroatoms. The van der Waals surface area contributed by atoms with Crippen molar-refractivity contribution >= 4 is 12.2 Å². The topological polar surface area (TPSA) is 58.9 Å². The quantitative estimate of drug-likeness (QED) is 0.552. The third kappa shape index (κ3) is 2.51. The van der Waals surface area contributed by atoms with Crippen LogP contribution in [-0.2, 0) is 9.59 Å². The van der Waals surface area contributed by atoms with Crippen molar-refractivity contribution in [2.45, 2.75) is 38.5 Å². The molecule has 0 aromatic heterocycles. The second-order valence-electron chi connectivity index (χ2n) is 6.84. The predicted molar refractivity (Wildman–Crippen MR) is 74.6 cm³/mol. The largest absolute Gasteiger partial charge is 0.234 e. The second-order valence-corrected chi connectivity index (χ2v) is 6.84. The molecule has 0 amide bonds. The Balaban J connectivity index is 1.54. The van der Waals surface area contributed by atoms with E-state index in [1.54, 1.807) is 12.2 Å². The molecular weight excluding hydrogens is 252 g/mol. The normalized spacial score (nSPS) is 41.0. The van der Waals surface area contributed by atoms with E-state index >= 15 is 0 Å². The van der Waals surface area contributed by atoms with E-state index in [1.165, 1.54) is 25.7 Å². The van der Waals surface area contributed by atoms with Crippen LogP contribution in [0.25, 0.3) is 0 Å². The molecule has 6 atom stereocenters. The van der Waals surface area contributed by atoms with E-state index in [2.05, 4.69) is 9.98 Å². The lowest BCUT2D eigenvalue weighted by atomic mass is 9.74. The van der Waals surface area contributed by atoms with Crippen LogP contribution in [0.1, 0.15) is 38.5 Å². The summed E-state index contributed by atoms with van der Waals surface area (Å²) in [5.41, 5.74) is 0. The Bertz CT molecular complexity index is 451. The molecule has 0 saturated heterocycles. The summed E-state index contributed by atoms with van der Waals surface area (Å²) in [5.74, 6) is 5.14. The number of isocyanates is 2. The number of rotatable bonds is 6. The monoisotopic (exact) mass is 274 g/mol. The molecule has 0 N–H and O–H groups in total. The van der Waals surface area contributed by atoms with Crippen molar-refractivity contribution in [2.75, 3.05) is 13.1 Å². The van der Waals surface area contributed by atoms with Gasteiger partial charge in [-0.25, -0.2) is 19.6 Å². The average Bonchev–Trinajstić information content (AvgIpc) is 3.09. The molecule has 4 nitrogen and oxygen atoms in total. The number of hydrogen-bond acceptors (Lipinski definition) is 4. The van der Waals surface area contributed by atoms with Crippen LogP contribution in [0.3, 0.4) is 0 Å². The third-order valence-electron chi connectivity index (χ3n) is 6.09. The van der Waals surface area contributed by atoms with Gasteiger partial charge in [-0.2, -0.15) is 0 Å².